The number of carboxylic acid groups (broad SMARTS) is 1. The van der Waals surface area contributed by atoms with E-state index >= 15 is 0 Å². The fraction of sp³-hybridized carbons (Fsp3) is 0.533. The minimum absolute atomic E-state index is 0.333. The second-order valence-corrected chi connectivity index (χ2v) is 5.72. The molecule has 0 amide bonds. The minimum atomic E-state index is -0.757. The van der Waals surface area contributed by atoms with Gasteiger partial charge in [-0.1, -0.05) is 24.6 Å². The van der Waals surface area contributed by atoms with Gasteiger partial charge in [-0.25, -0.2) is 4.39 Å². The molecule has 21 heavy (non-hydrogen) atoms. The van der Waals surface area contributed by atoms with Crippen molar-refractivity contribution in [3.8, 4) is 0 Å². The van der Waals surface area contributed by atoms with Gasteiger partial charge in [-0.15, -0.1) is 0 Å². The van der Waals surface area contributed by atoms with Crippen molar-refractivity contribution in [3.63, 3.8) is 0 Å². The maximum atomic E-state index is 13.0. The first kappa shape index (κ1) is 16.2. The quantitative estimate of drug-likeness (QED) is 0.906. The third-order valence-electron chi connectivity index (χ3n) is 3.93. The van der Waals surface area contributed by atoms with Crippen molar-refractivity contribution in [1.29, 1.82) is 0 Å². The van der Waals surface area contributed by atoms with Crippen LogP contribution in [0.4, 0.5) is 4.39 Å². The largest absolute Gasteiger partial charge is 0.480 e. The van der Waals surface area contributed by atoms with Crippen molar-refractivity contribution in [2.75, 3.05) is 26.2 Å². The molecule has 0 spiro atoms. The summed E-state index contributed by atoms with van der Waals surface area (Å²) in [6, 6.07) is 4.04. The summed E-state index contributed by atoms with van der Waals surface area (Å²) in [6.45, 7) is 5.59. The molecule has 1 N–H and O–H groups in total. The second-order valence-electron chi connectivity index (χ2n) is 5.31. The Morgan fingerprint density at radius 3 is 2.57 bits per heavy atom. The highest BCUT2D eigenvalue weighted by atomic mass is 35.5. The standard InChI is InChI=1S/C15H20ClFN2O2/c1-2-14(15(20)21)19-7-5-18(6-8-19)10-11-3-4-12(17)9-13(11)16/h3-4,9,14H,2,5-8,10H2,1H3,(H,20,21)/t14-/m1/s1. The van der Waals surface area contributed by atoms with E-state index in [4.69, 9.17) is 11.6 Å². The molecule has 0 radical (unpaired) electrons. The normalized spacial score (nSPS) is 18.6. The molecule has 4 nitrogen and oxygen atoms in total. The molecule has 1 saturated heterocycles. The van der Waals surface area contributed by atoms with Crippen LogP contribution in [0.25, 0.3) is 0 Å². The van der Waals surface area contributed by atoms with E-state index < -0.39 is 12.0 Å². The molecule has 1 aliphatic heterocycles. The zero-order valence-corrected chi connectivity index (χ0v) is 12.8. The Bertz CT molecular complexity index is 504. The Morgan fingerprint density at radius 2 is 2.05 bits per heavy atom. The maximum absolute atomic E-state index is 13.0. The van der Waals surface area contributed by atoms with E-state index in [1.165, 1.54) is 12.1 Å². The van der Waals surface area contributed by atoms with E-state index in [-0.39, 0.29) is 5.82 Å². The van der Waals surface area contributed by atoms with Gasteiger partial charge in [0.05, 0.1) is 0 Å². The summed E-state index contributed by atoms with van der Waals surface area (Å²) >= 11 is 6.04. The molecule has 1 aliphatic rings. The predicted octanol–water partition coefficient (Wildman–Crippen LogP) is 2.46. The van der Waals surface area contributed by atoms with E-state index in [9.17, 15) is 14.3 Å². The van der Waals surface area contributed by atoms with Gasteiger partial charge in [0.2, 0.25) is 0 Å². The average molecular weight is 315 g/mol. The maximum Gasteiger partial charge on any atom is 0.320 e. The number of carboxylic acids is 1. The first-order valence-corrected chi connectivity index (χ1v) is 7.52. The van der Waals surface area contributed by atoms with Crippen LogP contribution in [0.3, 0.4) is 0 Å². The van der Waals surface area contributed by atoms with Gasteiger partial charge in [-0.05, 0) is 24.1 Å². The Balaban J connectivity index is 1.91. The smallest absolute Gasteiger partial charge is 0.320 e. The molecule has 0 aliphatic carbocycles. The van der Waals surface area contributed by atoms with Crippen molar-refractivity contribution in [2.45, 2.75) is 25.9 Å². The van der Waals surface area contributed by atoms with Crippen molar-refractivity contribution < 1.29 is 14.3 Å². The SMILES string of the molecule is CC[C@H](C(=O)O)N1CCN(Cc2ccc(F)cc2Cl)CC1. The molecule has 6 heteroatoms. The fourth-order valence-electron chi connectivity index (χ4n) is 2.71. The van der Waals surface area contributed by atoms with E-state index in [0.717, 1.165) is 31.7 Å². The van der Waals surface area contributed by atoms with Gasteiger partial charge >= 0.3 is 5.97 Å². The summed E-state index contributed by atoms with van der Waals surface area (Å²) in [6.07, 6.45) is 0.610. The number of piperazine rings is 1. The molecular weight excluding hydrogens is 295 g/mol. The lowest BCUT2D eigenvalue weighted by atomic mass is 10.1. The van der Waals surface area contributed by atoms with Crippen LogP contribution >= 0.6 is 11.6 Å². The summed E-state index contributed by atoms with van der Waals surface area (Å²) in [7, 11) is 0. The molecule has 1 aromatic carbocycles. The Labute approximate surface area is 129 Å². The Kier molecular flexibility index (Phi) is 5.56. The zero-order valence-electron chi connectivity index (χ0n) is 12.1. The van der Waals surface area contributed by atoms with Gasteiger partial charge in [0.25, 0.3) is 0 Å². The average Bonchev–Trinajstić information content (AvgIpc) is 2.44. The van der Waals surface area contributed by atoms with Crippen LogP contribution in [0.2, 0.25) is 5.02 Å². The predicted molar refractivity (Wildman–Crippen MR) is 80.0 cm³/mol. The number of aliphatic carboxylic acids is 1. The van der Waals surface area contributed by atoms with Crippen molar-refractivity contribution in [3.05, 3.63) is 34.6 Å². The Hall–Kier alpha value is -1.17. The van der Waals surface area contributed by atoms with Crippen molar-refractivity contribution in [1.82, 2.24) is 9.80 Å². The first-order valence-electron chi connectivity index (χ1n) is 7.14. The topological polar surface area (TPSA) is 43.8 Å². The number of hydrogen-bond acceptors (Lipinski definition) is 3. The van der Waals surface area contributed by atoms with Crippen LogP contribution in [0.1, 0.15) is 18.9 Å². The first-order chi connectivity index (χ1) is 10.0. The molecular formula is C15H20ClFN2O2. The number of nitrogens with zero attached hydrogens (tertiary/aromatic N) is 2. The molecule has 0 unspecified atom stereocenters. The molecule has 2 rings (SSSR count). The molecule has 1 heterocycles. The van der Waals surface area contributed by atoms with Gasteiger partial charge < -0.3 is 5.11 Å². The van der Waals surface area contributed by atoms with E-state index in [1.807, 2.05) is 11.8 Å². The summed E-state index contributed by atoms with van der Waals surface area (Å²) in [5, 5.41) is 9.62. The van der Waals surface area contributed by atoms with Gasteiger partial charge in [0, 0.05) is 37.7 Å². The van der Waals surface area contributed by atoms with Crippen LogP contribution < -0.4 is 0 Å². The molecule has 1 atom stereocenters. The van der Waals surface area contributed by atoms with E-state index in [2.05, 4.69) is 4.90 Å². The zero-order chi connectivity index (χ0) is 15.4. The van der Waals surface area contributed by atoms with Crippen LogP contribution in [0, 0.1) is 5.82 Å². The lowest BCUT2D eigenvalue weighted by Gasteiger charge is -2.37. The van der Waals surface area contributed by atoms with E-state index in [0.29, 0.717) is 18.0 Å². The number of benzene rings is 1. The monoisotopic (exact) mass is 314 g/mol. The summed E-state index contributed by atoms with van der Waals surface area (Å²) in [5.74, 6) is -1.09. The van der Waals surface area contributed by atoms with Crippen molar-refractivity contribution >= 4 is 17.6 Å². The number of hydrogen-bond donors (Lipinski definition) is 1. The number of halogens is 2. The fourth-order valence-corrected chi connectivity index (χ4v) is 2.94. The third kappa shape index (κ3) is 4.15. The highest BCUT2D eigenvalue weighted by Gasteiger charge is 2.27. The molecule has 1 fully saturated rings. The van der Waals surface area contributed by atoms with Gasteiger partial charge in [0.15, 0.2) is 0 Å². The lowest BCUT2D eigenvalue weighted by molar-refractivity contribution is -0.144. The molecule has 1 aromatic rings. The van der Waals surface area contributed by atoms with Crippen molar-refractivity contribution in [2.24, 2.45) is 0 Å². The molecule has 0 saturated carbocycles. The Morgan fingerprint density at radius 1 is 1.38 bits per heavy atom. The number of rotatable bonds is 5. The minimum Gasteiger partial charge on any atom is -0.480 e. The summed E-state index contributed by atoms with van der Waals surface area (Å²) in [4.78, 5) is 15.4. The second kappa shape index (κ2) is 7.20. The summed E-state index contributed by atoms with van der Waals surface area (Å²) in [5.41, 5.74) is 0.900. The third-order valence-corrected chi connectivity index (χ3v) is 4.28. The molecule has 0 aromatic heterocycles. The van der Waals surface area contributed by atoms with Crippen LogP contribution in [0.5, 0.6) is 0 Å². The van der Waals surface area contributed by atoms with Crippen LogP contribution in [0.15, 0.2) is 18.2 Å². The van der Waals surface area contributed by atoms with Gasteiger partial charge in [-0.3, -0.25) is 14.6 Å². The molecule has 0 bridgehead atoms. The highest BCUT2D eigenvalue weighted by Crippen LogP contribution is 2.20. The number of carbonyl (C=O) groups is 1. The van der Waals surface area contributed by atoms with Gasteiger partial charge in [-0.2, -0.15) is 0 Å². The molecule has 116 valence electrons. The van der Waals surface area contributed by atoms with Crippen LogP contribution in [-0.2, 0) is 11.3 Å². The highest BCUT2D eigenvalue weighted by molar-refractivity contribution is 6.31. The van der Waals surface area contributed by atoms with Gasteiger partial charge in [0.1, 0.15) is 11.9 Å². The lowest BCUT2D eigenvalue weighted by Crippen LogP contribution is -2.52. The van der Waals surface area contributed by atoms with Crippen LogP contribution in [-0.4, -0.2) is 53.1 Å². The summed E-state index contributed by atoms with van der Waals surface area (Å²) < 4.78 is 13.0. The van der Waals surface area contributed by atoms with E-state index in [1.54, 1.807) is 6.07 Å².